The van der Waals surface area contributed by atoms with Crippen LogP contribution in [0.4, 0.5) is 0 Å². The van der Waals surface area contributed by atoms with Crippen LogP contribution in [0.15, 0.2) is 18.2 Å². The number of aryl methyl sites for hydroxylation is 2. The summed E-state index contributed by atoms with van der Waals surface area (Å²) in [7, 11) is 0. The fourth-order valence-corrected chi connectivity index (χ4v) is 2.53. The van der Waals surface area contributed by atoms with E-state index in [-0.39, 0.29) is 0 Å². The highest BCUT2D eigenvalue weighted by Gasteiger charge is 2.15. The number of thioether (sulfide) groups is 1. The molecule has 0 saturated carbocycles. The van der Waals surface area contributed by atoms with Crippen LogP contribution in [0.2, 0.25) is 0 Å². The molecule has 0 amide bonds. The Morgan fingerprint density at radius 1 is 1.50 bits per heavy atom. The van der Waals surface area contributed by atoms with Crippen molar-refractivity contribution >= 4 is 28.8 Å². The average Bonchev–Trinajstić information content (AvgIpc) is 2.65. The highest BCUT2D eigenvalue weighted by Crippen LogP contribution is 2.21. The van der Waals surface area contributed by atoms with Crippen molar-refractivity contribution in [3.8, 4) is 0 Å². The van der Waals surface area contributed by atoms with Gasteiger partial charge >= 0.3 is 5.97 Å². The Morgan fingerprint density at radius 3 is 2.94 bits per heavy atom. The first-order valence-corrected chi connectivity index (χ1v) is 7.22. The maximum absolute atomic E-state index is 11.3. The Hall–Kier alpha value is -1.49. The van der Waals surface area contributed by atoms with E-state index in [1.807, 2.05) is 17.6 Å². The van der Waals surface area contributed by atoms with Crippen LogP contribution in [-0.4, -0.2) is 32.6 Å². The van der Waals surface area contributed by atoms with Crippen LogP contribution >= 0.6 is 11.8 Å². The first-order chi connectivity index (χ1) is 8.65. The average molecular weight is 264 g/mol. The molecule has 5 heteroatoms. The summed E-state index contributed by atoms with van der Waals surface area (Å²) in [5, 5.41) is 9.24. The van der Waals surface area contributed by atoms with Crippen molar-refractivity contribution in [3.63, 3.8) is 0 Å². The number of para-hydroxylation sites is 1. The van der Waals surface area contributed by atoms with E-state index < -0.39 is 5.97 Å². The number of carboxylic acid groups (broad SMARTS) is 1. The van der Waals surface area contributed by atoms with Crippen LogP contribution < -0.4 is 0 Å². The van der Waals surface area contributed by atoms with E-state index in [0.717, 1.165) is 35.6 Å². The third-order valence-electron chi connectivity index (χ3n) is 2.92. The van der Waals surface area contributed by atoms with E-state index in [1.165, 1.54) is 0 Å². The summed E-state index contributed by atoms with van der Waals surface area (Å²) in [6.07, 6.45) is 3.09. The van der Waals surface area contributed by atoms with E-state index in [0.29, 0.717) is 5.56 Å². The molecule has 4 nitrogen and oxygen atoms in total. The van der Waals surface area contributed by atoms with Gasteiger partial charge in [-0.2, -0.15) is 11.8 Å². The Morgan fingerprint density at radius 2 is 2.28 bits per heavy atom. The molecule has 0 fully saturated rings. The summed E-state index contributed by atoms with van der Waals surface area (Å²) in [6.45, 7) is 2.73. The molecule has 0 bridgehead atoms. The molecule has 18 heavy (non-hydrogen) atoms. The molecule has 1 aromatic carbocycles. The van der Waals surface area contributed by atoms with E-state index in [9.17, 15) is 9.90 Å². The molecule has 0 aliphatic heterocycles. The molecule has 0 aliphatic carbocycles. The zero-order valence-electron chi connectivity index (χ0n) is 10.5. The van der Waals surface area contributed by atoms with E-state index in [2.05, 4.69) is 11.2 Å². The Bertz CT molecular complexity index is 578. The lowest BCUT2D eigenvalue weighted by Gasteiger charge is -2.07. The monoisotopic (exact) mass is 264 g/mol. The van der Waals surface area contributed by atoms with Gasteiger partial charge in [-0.3, -0.25) is 0 Å². The number of fused-ring (bicyclic) bond motifs is 1. The van der Waals surface area contributed by atoms with Gasteiger partial charge in [-0.1, -0.05) is 6.07 Å². The number of benzene rings is 1. The topological polar surface area (TPSA) is 55.1 Å². The molecule has 2 aromatic rings. The summed E-state index contributed by atoms with van der Waals surface area (Å²) >= 11 is 1.80. The van der Waals surface area contributed by atoms with Gasteiger partial charge in [-0.25, -0.2) is 9.78 Å². The zero-order chi connectivity index (χ0) is 13.1. The number of rotatable bonds is 5. The van der Waals surface area contributed by atoms with Gasteiger partial charge < -0.3 is 9.67 Å². The minimum Gasteiger partial charge on any atom is -0.478 e. The highest BCUT2D eigenvalue weighted by molar-refractivity contribution is 7.98. The molecule has 0 unspecified atom stereocenters. The van der Waals surface area contributed by atoms with Gasteiger partial charge in [0.1, 0.15) is 5.82 Å². The fraction of sp³-hybridized carbons (Fsp3) is 0.385. The number of aromatic carboxylic acids is 1. The van der Waals surface area contributed by atoms with Crippen molar-refractivity contribution in [2.75, 3.05) is 12.0 Å². The summed E-state index contributed by atoms with van der Waals surface area (Å²) in [6, 6.07) is 5.24. The number of nitrogens with zero attached hydrogens (tertiary/aromatic N) is 2. The normalized spacial score (nSPS) is 11.0. The standard InChI is InChI=1S/C13H16N2O2S/c1-9-14-11-6-3-5-10(13(16)17)12(11)15(9)7-4-8-18-2/h3,5-6H,4,7-8H2,1-2H3,(H,16,17). The highest BCUT2D eigenvalue weighted by atomic mass is 32.2. The molecule has 0 atom stereocenters. The molecular weight excluding hydrogens is 248 g/mol. The molecule has 2 rings (SSSR count). The molecule has 1 heterocycles. The summed E-state index contributed by atoms with van der Waals surface area (Å²) < 4.78 is 2.01. The number of imidazole rings is 1. The van der Waals surface area contributed by atoms with E-state index in [1.54, 1.807) is 23.9 Å². The third-order valence-corrected chi connectivity index (χ3v) is 3.62. The third kappa shape index (κ3) is 2.36. The Kier molecular flexibility index (Phi) is 3.91. The fourth-order valence-electron chi connectivity index (χ4n) is 2.11. The minimum atomic E-state index is -0.897. The van der Waals surface area contributed by atoms with Gasteiger partial charge in [0.15, 0.2) is 0 Å². The van der Waals surface area contributed by atoms with Gasteiger partial charge in [0.05, 0.1) is 16.6 Å². The molecule has 0 radical (unpaired) electrons. The van der Waals surface area contributed by atoms with Crippen molar-refractivity contribution in [1.29, 1.82) is 0 Å². The zero-order valence-corrected chi connectivity index (χ0v) is 11.3. The van der Waals surface area contributed by atoms with Crippen molar-refractivity contribution in [3.05, 3.63) is 29.6 Å². The molecular formula is C13H16N2O2S. The van der Waals surface area contributed by atoms with Crippen LogP contribution in [-0.2, 0) is 6.54 Å². The molecule has 0 saturated heterocycles. The van der Waals surface area contributed by atoms with E-state index in [4.69, 9.17) is 0 Å². The predicted octanol–water partition coefficient (Wildman–Crippen LogP) is 2.80. The summed E-state index contributed by atoms with van der Waals surface area (Å²) in [5.74, 6) is 1.04. The largest absolute Gasteiger partial charge is 0.478 e. The van der Waals surface area contributed by atoms with Gasteiger partial charge in [-0.05, 0) is 37.5 Å². The van der Waals surface area contributed by atoms with Crippen molar-refractivity contribution < 1.29 is 9.90 Å². The number of aromatic nitrogens is 2. The minimum absolute atomic E-state index is 0.331. The smallest absolute Gasteiger partial charge is 0.337 e. The van der Waals surface area contributed by atoms with E-state index >= 15 is 0 Å². The van der Waals surface area contributed by atoms with Crippen LogP contribution in [0.5, 0.6) is 0 Å². The van der Waals surface area contributed by atoms with Crippen molar-refractivity contribution in [2.45, 2.75) is 19.9 Å². The molecule has 1 aromatic heterocycles. The number of hydrogen-bond donors (Lipinski definition) is 1. The Balaban J connectivity index is 2.49. The molecule has 0 spiro atoms. The van der Waals surface area contributed by atoms with Gasteiger partial charge in [-0.15, -0.1) is 0 Å². The Labute approximate surface area is 110 Å². The lowest BCUT2D eigenvalue weighted by atomic mass is 10.2. The van der Waals surface area contributed by atoms with Crippen LogP contribution in [0.1, 0.15) is 22.6 Å². The van der Waals surface area contributed by atoms with Gasteiger partial charge in [0.25, 0.3) is 0 Å². The van der Waals surface area contributed by atoms with Crippen molar-refractivity contribution in [2.24, 2.45) is 0 Å². The van der Waals surface area contributed by atoms with Crippen LogP contribution in [0.3, 0.4) is 0 Å². The lowest BCUT2D eigenvalue weighted by Crippen LogP contribution is -2.06. The lowest BCUT2D eigenvalue weighted by molar-refractivity contribution is 0.0698. The molecule has 1 N–H and O–H groups in total. The first kappa shape index (κ1) is 13.0. The summed E-state index contributed by atoms with van der Waals surface area (Å²) in [5.41, 5.74) is 1.83. The van der Waals surface area contributed by atoms with Crippen LogP contribution in [0, 0.1) is 6.92 Å². The number of carbonyl (C=O) groups is 1. The quantitative estimate of drug-likeness (QED) is 0.844. The predicted molar refractivity (Wildman–Crippen MR) is 74.4 cm³/mol. The maximum atomic E-state index is 11.3. The SMILES string of the molecule is CSCCCn1c(C)nc2cccc(C(=O)O)c21. The summed E-state index contributed by atoms with van der Waals surface area (Å²) in [4.78, 5) is 15.7. The number of hydrogen-bond acceptors (Lipinski definition) is 3. The maximum Gasteiger partial charge on any atom is 0.337 e. The van der Waals surface area contributed by atoms with Crippen molar-refractivity contribution in [1.82, 2.24) is 9.55 Å². The van der Waals surface area contributed by atoms with Gasteiger partial charge in [0.2, 0.25) is 0 Å². The number of carboxylic acids is 1. The first-order valence-electron chi connectivity index (χ1n) is 5.83. The second-order valence-electron chi connectivity index (χ2n) is 4.14. The second kappa shape index (κ2) is 5.44. The second-order valence-corrected chi connectivity index (χ2v) is 5.12. The van der Waals surface area contributed by atoms with Gasteiger partial charge in [0, 0.05) is 6.54 Å². The molecule has 96 valence electrons. The molecule has 0 aliphatic rings. The van der Waals surface area contributed by atoms with Crippen LogP contribution in [0.25, 0.3) is 11.0 Å².